The number of aliphatic imine (C=N–C) groups is 1. The summed E-state index contributed by atoms with van der Waals surface area (Å²) in [6.45, 7) is 9.01. The third-order valence-electron chi connectivity index (χ3n) is 6.58. The maximum absolute atomic E-state index is 5.51. The van der Waals surface area contributed by atoms with E-state index in [0.29, 0.717) is 6.04 Å². The lowest BCUT2D eigenvalue weighted by atomic mass is 9.81. The first kappa shape index (κ1) is 19.9. The van der Waals surface area contributed by atoms with Gasteiger partial charge in [-0.2, -0.15) is 0 Å². The van der Waals surface area contributed by atoms with E-state index in [4.69, 9.17) is 4.74 Å². The number of guanidine groups is 1. The molecule has 3 aliphatic rings. The van der Waals surface area contributed by atoms with Gasteiger partial charge in [-0.1, -0.05) is 26.2 Å². The summed E-state index contributed by atoms with van der Waals surface area (Å²) in [7, 11) is 1.90. The van der Waals surface area contributed by atoms with Crippen LogP contribution in [0, 0.1) is 17.8 Å². The van der Waals surface area contributed by atoms with Crippen LogP contribution in [0.2, 0.25) is 0 Å². The Morgan fingerprint density at radius 3 is 2.65 bits per heavy atom. The van der Waals surface area contributed by atoms with Crippen LogP contribution in [0.25, 0.3) is 0 Å². The molecule has 0 aromatic heterocycles. The molecule has 3 fully saturated rings. The molecule has 0 aromatic carbocycles. The van der Waals surface area contributed by atoms with Gasteiger partial charge in [-0.3, -0.25) is 4.99 Å². The highest BCUT2D eigenvalue weighted by Gasteiger charge is 2.24. The highest BCUT2D eigenvalue weighted by molar-refractivity contribution is 5.79. The van der Waals surface area contributed by atoms with Gasteiger partial charge < -0.3 is 20.3 Å². The van der Waals surface area contributed by atoms with Gasteiger partial charge in [0.2, 0.25) is 0 Å². The zero-order chi connectivity index (χ0) is 18.2. The van der Waals surface area contributed by atoms with Crippen molar-refractivity contribution in [1.29, 1.82) is 0 Å². The highest BCUT2D eigenvalue weighted by Crippen LogP contribution is 2.30. The fourth-order valence-corrected chi connectivity index (χ4v) is 4.96. The predicted octanol–water partition coefficient (Wildman–Crippen LogP) is 2.87. The quantitative estimate of drug-likeness (QED) is 0.562. The number of piperidine rings is 1. The van der Waals surface area contributed by atoms with Gasteiger partial charge in [0.1, 0.15) is 0 Å². The Balaban J connectivity index is 1.30. The molecule has 1 saturated carbocycles. The van der Waals surface area contributed by atoms with Crippen molar-refractivity contribution >= 4 is 5.96 Å². The van der Waals surface area contributed by atoms with Crippen LogP contribution >= 0.6 is 0 Å². The van der Waals surface area contributed by atoms with Crippen molar-refractivity contribution in [1.82, 2.24) is 15.5 Å². The molecular formula is C21H40N4O. The van der Waals surface area contributed by atoms with Crippen molar-refractivity contribution in [3.8, 4) is 0 Å². The summed E-state index contributed by atoms with van der Waals surface area (Å²) in [6.07, 6.45) is 10.6. The van der Waals surface area contributed by atoms with E-state index in [-0.39, 0.29) is 0 Å². The van der Waals surface area contributed by atoms with E-state index in [2.05, 4.69) is 27.4 Å². The molecule has 0 amide bonds. The largest absolute Gasteiger partial charge is 0.381 e. The number of ether oxygens (including phenoxy) is 1. The highest BCUT2D eigenvalue weighted by atomic mass is 16.5. The molecule has 2 N–H and O–H groups in total. The van der Waals surface area contributed by atoms with E-state index >= 15 is 0 Å². The molecule has 0 aromatic rings. The van der Waals surface area contributed by atoms with Crippen molar-refractivity contribution in [2.75, 3.05) is 46.4 Å². The van der Waals surface area contributed by atoms with Gasteiger partial charge in [0.15, 0.2) is 5.96 Å². The summed E-state index contributed by atoms with van der Waals surface area (Å²) < 4.78 is 5.51. The molecule has 5 nitrogen and oxygen atoms in total. The minimum Gasteiger partial charge on any atom is -0.381 e. The zero-order valence-corrected chi connectivity index (χ0v) is 17.0. The van der Waals surface area contributed by atoms with Crippen LogP contribution in [0.5, 0.6) is 0 Å². The van der Waals surface area contributed by atoms with Crippen LogP contribution in [0.1, 0.15) is 58.3 Å². The zero-order valence-electron chi connectivity index (χ0n) is 17.0. The third-order valence-corrected chi connectivity index (χ3v) is 6.58. The van der Waals surface area contributed by atoms with E-state index in [9.17, 15) is 0 Å². The number of hydrogen-bond donors (Lipinski definition) is 2. The standard InChI is InChI=1S/C21H40N4O/c1-17-4-3-5-18(14-17)6-10-23-21(22-2)24-20-7-11-25(12-8-20)15-19-9-13-26-16-19/h17-20H,3-16H2,1-2H3,(H2,22,23,24). The van der Waals surface area contributed by atoms with E-state index in [1.54, 1.807) is 0 Å². The van der Waals surface area contributed by atoms with Crippen LogP contribution in [0.3, 0.4) is 0 Å². The van der Waals surface area contributed by atoms with Crippen molar-refractivity contribution in [3.63, 3.8) is 0 Å². The van der Waals surface area contributed by atoms with Crippen LogP contribution in [-0.2, 0) is 4.74 Å². The number of nitrogens with zero attached hydrogens (tertiary/aromatic N) is 2. The van der Waals surface area contributed by atoms with Gasteiger partial charge in [-0.05, 0) is 49.9 Å². The van der Waals surface area contributed by atoms with Gasteiger partial charge in [0, 0.05) is 45.9 Å². The molecule has 3 rings (SSSR count). The normalized spacial score (nSPS) is 31.9. The van der Waals surface area contributed by atoms with Gasteiger partial charge in [-0.25, -0.2) is 0 Å². The minimum atomic E-state index is 0.562. The smallest absolute Gasteiger partial charge is 0.191 e. The molecule has 2 heterocycles. The summed E-state index contributed by atoms with van der Waals surface area (Å²) in [5.41, 5.74) is 0. The molecule has 0 spiro atoms. The average Bonchev–Trinajstić information content (AvgIpc) is 3.15. The van der Waals surface area contributed by atoms with Crippen LogP contribution in [0.15, 0.2) is 4.99 Å². The maximum atomic E-state index is 5.51. The lowest BCUT2D eigenvalue weighted by Crippen LogP contribution is -2.49. The molecule has 1 aliphatic carbocycles. The first-order valence-electron chi connectivity index (χ1n) is 11.0. The topological polar surface area (TPSA) is 48.9 Å². The maximum Gasteiger partial charge on any atom is 0.191 e. The van der Waals surface area contributed by atoms with E-state index < -0.39 is 0 Å². The fraction of sp³-hybridized carbons (Fsp3) is 0.952. The number of likely N-dealkylation sites (tertiary alicyclic amines) is 1. The van der Waals surface area contributed by atoms with E-state index in [1.165, 1.54) is 71.0 Å². The first-order chi connectivity index (χ1) is 12.7. The summed E-state index contributed by atoms with van der Waals surface area (Å²) in [5.74, 6) is 3.59. The Hall–Kier alpha value is -0.810. The molecule has 2 aliphatic heterocycles. The van der Waals surface area contributed by atoms with Crippen LogP contribution in [0.4, 0.5) is 0 Å². The lowest BCUT2D eigenvalue weighted by Gasteiger charge is -2.34. The third kappa shape index (κ3) is 6.41. The molecular weight excluding hydrogens is 324 g/mol. The number of nitrogens with one attached hydrogen (secondary N) is 2. The van der Waals surface area contributed by atoms with Crippen molar-refractivity contribution < 1.29 is 4.74 Å². The molecule has 2 saturated heterocycles. The molecule has 26 heavy (non-hydrogen) atoms. The summed E-state index contributed by atoms with van der Waals surface area (Å²) in [5, 5.41) is 7.21. The fourth-order valence-electron chi connectivity index (χ4n) is 4.96. The SMILES string of the molecule is CN=C(NCCC1CCCC(C)C1)NC1CCN(CC2CCOC2)CC1. The Kier molecular flexibility index (Phi) is 8.06. The molecule has 3 unspecified atom stereocenters. The van der Waals surface area contributed by atoms with Gasteiger partial charge in [-0.15, -0.1) is 0 Å². The molecule has 0 radical (unpaired) electrons. The Bertz CT molecular complexity index is 428. The number of hydrogen-bond acceptors (Lipinski definition) is 3. The second-order valence-corrected chi connectivity index (χ2v) is 8.87. The molecule has 0 bridgehead atoms. The molecule has 3 atom stereocenters. The monoisotopic (exact) mass is 364 g/mol. The first-order valence-corrected chi connectivity index (χ1v) is 11.0. The van der Waals surface area contributed by atoms with Crippen molar-refractivity contribution in [2.24, 2.45) is 22.7 Å². The van der Waals surface area contributed by atoms with E-state index in [1.807, 2.05) is 7.05 Å². The van der Waals surface area contributed by atoms with Crippen LogP contribution < -0.4 is 10.6 Å². The lowest BCUT2D eigenvalue weighted by molar-refractivity contribution is 0.150. The Morgan fingerprint density at radius 1 is 1.12 bits per heavy atom. The van der Waals surface area contributed by atoms with Gasteiger partial charge >= 0.3 is 0 Å². The predicted molar refractivity (Wildman–Crippen MR) is 109 cm³/mol. The second kappa shape index (κ2) is 10.5. The molecule has 150 valence electrons. The minimum absolute atomic E-state index is 0.562. The second-order valence-electron chi connectivity index (χ2n) is 8.87. The summed E-state index contributed by atoms with van der Waals surface area (Å²) in [6, 6.07) is 0.562. The van der Waals surface area contributed by atoms with Gasteiger partial charge in [0.25, 0.3) is 0 Å². The van der Waals surface area contributed by atoms with Gasteiger partial charge in [0.05, 0.1) is 6.61 Å². The number of rotatable bonds is 6. The Morgan fingerprint density at radius 2 is 1.96 bits per heavy atom. The summed E-state index contributed by atoms with van der Waals surface area (Å²) >= 11 is 0. The van der Waals surface area contributed by atoms with Crippen molar-refractivity contribution in [2.45, 2.75) is 64.3 Å². The van der Waals surface area contributed by atoms with Crippen molar-refractivity contribution in [3.05, 3.63) is 0 Å². The Labute approximate surface area is 160 Å². The van der Waals surface area contributed by atoms with Crippen LogP contribution in [-0.4, -0.2) is 63.3 Å². The van der Waals surface area contributed by atoms with E-state index in [0.717, 1.165) is 43.5 Å². The summed E-state index contributed by atoms with van der Waals surface area (Å²) in [4.78, 5) is 7.07. The molecule has 5 heteroatoms. The average molecular weight is 365 g/mol.